The molecule has 20 heavy (non-hydrogen) atoms. The van der Waals surface area contributed by atoms with Crippen molar-refractivity contribution in [1.29, 1.82) is 0 Å². The van der Waals surface area contributed by atoms with Gasteiger partial charge in [0, 0.05) is 13.1 Å². The molecule has 1 aliphatic carbocycles. The van der Waals surface area contributed by atoms with Crippen LogP contribution in [-0.4, -0.2) is 40.4 Å². The van der Waals surface area contributed by atoms with Crippen molar-refractivity contribution < 1.29 is 14.2 Å². The van der Waals surface area contributed by atoms with Crippen molar-refractivity contribution in [3.8, 4) is 0 Å². The van der Waals surface area contributed by atoms with Gasteiger partial charge in [0.15, 0.2) is 0 Å². The van der Waals surface area contributed by atoms with E-state index in [0.29, 0.717) is 18.9 Å². The number of hydrogen-bond acceptors (Lipinski definition) is 6. The Hall–Kier alpha value is -1.43. The topological polar surface area (TPSA) is 68.5 Å². The molecule has 1 aromatic heterocycles. The fourth-order valence-corrected chi connectivity index (χ4v) is 2.34. The maximum Gasteiger partial charge on any atom is 0.325 e. The number of nitrogens with zero attached hydrogens (tertiary/aromatic N) is 3. The van der Waals surface area contributed by atoms with Crippen molar-refractivity contribution in [3.05, 3.63) is 11.4 Å². The quantitative estimate of drug-likeness (QED) is 0.711. The Balaban J connectivity index is 2.21. The molecule has 0 spiro atoms. The van der Waals surface area contributed by atoms with E-state index in [4.69, 9.17) is 9.37 Å². The van der Waals surface area contributed by atoms with Crippen LogP contribution >= 0.6 is 0 Å². The Morgan fingerprint density at radius 1 is 1.50 bits per heavy atom. The molecule has 0 aromatic carbocycles. The molecule has 0 radical (unpaired) electrons. The van der Waals surface area contributed by atoms with Crippen LogP contribution in [0.4, 0.5) is 0 Å². The minimum Gasteiger partial charge on any atom is -0.468 e. The van der Waals surface area contributed by atoms with Gasteiger partial charge in [-0.05, 0) is 39.0 Å². The van der Waals surface area contributed by atoms with Gasteiger partial charge in [0.25, 0.3) is 0 Å². The van der Waals surface area contributed by atoms with Crippen molar-refractivity contribution in [2.24, 2.45) is 5.92 Å². The monoisotopic (exact) mass is 281 g/mol. The van der Waals surface area contributed by atoms with E-state index in [1.807, 2.05) is 20.8 Å². The molecule has 1 unspecified atom stereocenters. The number of methoxy groups -OCH3 is 1. The van der Waals surface area contributed by atoms with Crippen molar-refractivity contribution in [2.45, 2.75) is 52.1 Å². The van der Waals surface area contributed by atoms with E-state index in [9.17, 15) is 4.79 Å². The van der Waals surface area contributed by atoms with E-state index < -0.39 is 5.54 Å². The molecule has 1 fully saturated rings. The minimum atomic E-state index is -0.636. The molecule has 6 heteroatoms. The third-order valence-electron chi connectivity index (χ3n) is 4.27. The zero-order chi connectivity index (χ0) is 14.8. The van der Waals surface area contributed by atoms with Gasteiger partial charge in [0.2, 0.25) is 0 Å². The van der Waals surface area contributed by atoms with Gasteiger partial charge in [-0.3, -0.25) is 9.69 Å². The third-order valence-corrected chi connectivity index (χ3v) is 4.27. The molecular weight excluding hydrogens is 258 g/mol. The fraction of sp³-hybridized carbons (Fsp3) is 0.786. The van der Waals surface area contributed by atoms with E-state index in [1.165, 1.54) is 20.0 Å². The van der Waals surface area contributed by atoms with E-state index in [-0.39, 0.29) is 5.97 Å². The summed E-state index contributed by atoms with van der Waals surface area (Å²) in [4.78, 5) is 14.4. The van der Waals surface area contributed by atoms with Crippen molar-refractivity contribution >= 4 is 5.97 Å². The first-order chi connectivity index (χ1) is 9.51. The van der Waals surface area contributed by atoms with Crippen LogP contribution in [0.25, 0.3) is 0 Å². The molecule has 0 aliphatic heterocycles. The molecule has 1 atom stereocenters. The molecule has 0 amide bonds. The summed E-state index contributed by atoms with van der Waals surface area (Å²) in [5.41, 5.74) is 0.922. The lowest BCUT2D eigenvalue weighted by molar-refractivity contribution is -0.155. The van der Waals surface area contributed by atoms with Gasteiger partial charge >= 0.3 is 5.97 Å². The van der Waals surface area contributed by atoms with Gasteiger partial charge in [-0.15, -0.1) is 0 Å². The van der Waals surface area contributed by atoms with E-state index in [0.717, 1.165) is 17.9 Å². The third kappa shape index (κ3) is 3.00. The standard InChI is InChI=1S/C14H23N3O3/c1-5-14(3,13(18)19-4)17(8-11-6-7-11)9-12-10(2)15-20-16-12/h11H,5-9H2,1-4H3. The highest BCUT2D eigenvalue weighted by atomic mass is 16.6. The summed E-state index contributed by atoms with van der Waals surface area (Å²) in [5, 5.41) is 7.74. The Bertz CT molecular complexity index is 470. The van der Waals surface area contributed by atoms with E-state index in [2.05, 4.69) is 15.2 Å². The van der Waals surface area contributed by atoms with Crippen LogP contribution in [0.15, 0.2) is 4.63 Å². The highest BCUT2D eigenvalue weighted by Gasteiger charge is 2.41. The molecule has 6 nitrogen and oxygen atoms in total. The summed E-state index contributed by atoms with van der Waals surface area (Å²) in [6.45, 7) is 7.24. The second kappa shape index (κ2) is 5.91. The summed E-state index contributed by atoms with van der Waals surface area (Å²) in [6, 6.07) is 0. The normalized spacial score (nSPS) is 18.1. The van der Waals surface area contributed by atoms with Gasteiger partial charge in [-0.25, -0.2) is 4.63 Å². The Morgan fingerprint density at radius 3 is 2.65 bits per heavy atom. The van der Waals surface area contributed by atoms with Crippen LogP contribution in [0.5, 0.6) is 0 Å². The van der Waals surface area contributed by atoms with E-state index >= 15 is 0 Å². The maximum atomic E-state index is 12.2. The zero-order valence-electron chi connectivity index (χ0n) is 12.7. The summed E-state index contributed by atoms with van der Waals surface area (Å²) in [6.07, 6.45) is 3.15. The molecule has 1 aliphatic rings. The highest BCUT2D eigenvalue weighted by molar-refractivity contribution is 5.80. The smallest absolute Gasteiger partial charge is 0.325 e. The molecule has 0 N–H and O–H groups in total. The number of aromatic nitrogens is 2. The van der Waals surface area contributed by atoms with Crippen LogP contribution in [-0.2, 0) is 16.1 Å². The molecule has 1 saturated carbocycles. The molecule has 0 bridgehead atoms. The lowest BCUT2D eigenvalue weighted by atomic mass is 9.95. The maximum absolute atomic E-state index is 12.2. The van der Waals surface area contributed by atoms with Gasteiger partial charge in [-0.2, -0.15) is 0 Å². The van der Waals surface area contributed by atoms with Gasteiger partial charge in [0.05, 0.1) is 7.11 Å². The molecule has 112 valence electrons. The predicted molar refractivity (Wildman–Crippen MR) is 72.9 cm³/mol. The first-order valence-corrected chi connectivity index (χ1v) is 7.12. The van der Waals surface area contributed by atoms with Gasteiger partial charge < -0.3 is 4.74 Å². The average Bonchev–Trinajstić information content (AvgIpc) is 3.18. The Labute approximate surface area is 119 Å². The number of aryl methyl sites for hydroxylation is 1. The minimum absolute atomic E-state index is 0.199. The molecule has 0 saturated heterocycles. The molecule has 1 heterocycles. The lowest BCUT2D eigenvalue weighted by Crippen LogP contribution is -2.53. The average molecular weight is 281 g/mol. The highest BCUT2D eigenvalue weighted by Crippen LogP contribution is 2.34. The molecule has 2 rings (SSSR count). The van der Waals surface area contributed by atoms with E-state index in [1.54, 1.807) is 0 Å². The first-order valence-electron chi connectivity index (χ1n) is 7.12. The van der Waals surface area contributed by atoms with Crippen LogP contribution in [0.3, 0.4) is 0 Å². The Kier molecular flexibility index (Phi) is 4.42. The second-order valence-electron chi connectivity index (χ2n) is 5.74. The fourth-order valence-electron chi connectivity index (χ4n) is 2.34. The molecule has 1 aromatic rings. The molecular formula is C14H23N3O3. The number of carbonyl (C=O) groups excluding carboxylic acids is 1. The van der Waals surface area contributed by atoms with Crippen LogP contribution in [0.1, 0.15) is 44.5 Å². The lowest BCUT2D eigenvalue weighted by Gasteiger charge is -2.38. The number of hydrogen-bond donors (Lipinski definition) is 0. The summed E-state index contributed by atoms with van der Waals surface area (Å²) < 4.78 is 9.76. The number of esters is 1. The summed E-state index contributed by atoms with van der Waals surface area (Å²) >= 11 is 0. The van der Waals surface area contributed by atoms with Crippen molar-refractivity contribution in [1.82, 2.24) is 15.2 Å². The van der Waals surface area contributed by atoms with Crippen molar-refractivity contribution in [3.63, 3.8) is 0 Å². The summed E-state index contributed by atoms with van der Waals surface area (Å²) in [7, 11) is 1.44. The first kappa shape index (κ1) is 15.0. The Morgan fingerprint density at radius 2 is 2.20 bits per heavy atom. The largest absolute Gasteiger partial charge is 0.468 e. The van der Waals surface area contributed by atoms with Crippen molar-refractivity contribution in [2.75, 3.05) is 13.7 Å². The predicted octanol–water partition coefficient (Wildman–Crippen LogP) is 1.93. The SMILES string of the molecule is CCC(C)(C(=O)OC)N(Cc1nonc1C)CC1CC1. The number of ether oxygens (including phenoxy) is 1. The van der Waals surface area contributed by atoms with Crippen LogP contribution in [0.2, 0.25) is 0 Å². The van der Waals surface area contributed by atoms with Crippen LogP contribution in [0, 0.1) is 12.8 Å². The summed E-state index contributed by atoms with van der Waals surface area (Å²) in [5.74, 6) is 0.473. The second-order valence-corrected chi connectivity index (χ2v) is 5.74. The van der Waals surface area contributed by atoms with Gasteiger partial charge in [-0.1, -0.05) is 17.2 Å². The number of carbonyl (C=O) groups is 1. The number of rotatable bonds is 7. The zero-order valence-corrected chi connectivity index (χ0v) is 12.7. The van der Waals surface area contributed by atoms with Crippen LogP contribution < -0.4 is 0 Å². The van der Waals surface area contributed by atoms with Gasteiger partial charge in [0.1, 0.15) is 16.9 Å².